The molecule has 1 N–H and O–H groups in total. The summed E-state index contributed by atoms with van der Waals surface area (Å²) in [6.07, 6.45) is -3.21. The van der Waals surface area contributed by atoms with Crippen molar-refractivity contribution in [3.63, 3.8) is 0 Å². The molecule has 0 aliphatic heterocycles. The van der Waals surface area contributed by atoms with Gasteiger partial charge in [0.1, 0.15) is 11.5 Å². The van der Waals surface area contributed by atoms with Crippen molar-refractivity contribution in [1.82, 2.24) is 0 Å². The van der Waals surface area contributed by atoms with Gasteiger partial charge >= 0.3 is 12.1 Å². The van der Waals surface area contributed by atoms with E-state index in [1.54, 1.807) is 0 Å². The molecule has 0 fully saturated rings. The van der Waals surface area contributed by atoms with Crippen molar-refractivity contribution in [1.29, 1.82) is 0 Å². The van der Waals surface area contributed by atoms with Crippen LogP contribution in [-0.2, 0) is 11.0 Å². The van der Waals surface area contributed by atoms with Crippen LogP contribution in [-0.4, -0.2) is 17.7 Å². The quantitative estimate of drug-likeness (QED) is 0.935. The van der Waals surface area contributed by atoms with Gasteiger partial charge in [-0.3, -0.25) is 0 Å². The first-order chi connectivity index (χ1) is 9.38. The number of carboxylic acid groups (broad SMARTS) is 1. The molecule has 0 saturated carbocycles. The molecule has 106 valence electrons. The Morgan fingerprint density at radius 3 is 2.60 bits per heavy atom. The summed E-state index contributed by atoms with van der Waals surface area (Å²) in [7, 11) is 0. The Bertz CT molecular complexity index is 603. The Morgan fingerprint density at radius 2 is 2.05 bits per heavy atom. The number of furan rings is 1. The molecular formula is C13H9F3O4. The Labute approximate surface area is 111 Å². The number of hydrogen-bond donors (Lipinski definition) is 1. The first-order valence-electron chi connectivity index (χ1n) is 5.47. The molecule has 20 heavy (non-hydrogen) atoms. The lowest BCUT2D eigenvalue weighted by Crippen LogP contribution is -2.11. The van der Waals surface area contributed by atoms with Crippen molar-refractivity contribution >= 4 is 5.97 Å². The molecule has 4 nitrogen and oxygen atoms in total. The monoisotopic (exact) mass is 286 g/mol. The van der Waals surface area contributed by atoms with Crippen LogP contribution in [0.2, 0.25) is 0 Å². The molecule has 0 radical (unpaired) electrons. The van der Waals surface area contributed by atoms with E-state index in [-0.39, 0.29) is 17.1 Å². The van der Waals surface area contributed by atoms with Gasteiger partial charge in [-0.05, 0) is 30.3 Å². The maximum atomic E-state index is 12.7. The maximum absolute atomic E-state index is 12.7. The van der Waals surface area contributed by atoms with Gasteiger partial charge in [-0.15, -0.1) is 0 Å². The minimum atomic E-state index is -4.51. The molecule has 2 rings (SSSR count). The molecule has 0 aliphatic carbocycles. The first kappa shape index (κ1) is 14.0. The summed E-state index contributed by atoms with van der Waals surface area (Å²) in [4.78, 5) is 10.5. The molecule has 7 heteroatoms. The number of carboxylic acids is 1. The van der Waals surface area contributed by atoms with E-state index < -0.39 is 24.3 Å². The molecule has 0 aliphatic rings. The van der Waals surface area contributed by atoms with E-state index in [0.29, 0.717) is 0 Å². The van der Waals surface area contributed by atoms with Crippen molar-refractivity contribution in [2.45, 2.75) is 6.18 Å². The molecule has 1 aromatic carbocycles. The molecule has 0 saturated heterocycles. The van der Waals surface area contributed by atoms with Crippen LogP contribution in [0.3, 0.4) is 0 Å². The van der Waals surface area contributed by atoms with E-state index in [4.69, 9.17) is 14.3 Å². The van der Waals surface area contributed by atoms with Gasteiger partial charge in [-0.2, -0.15) is 13.2 Å². The second-order valence-electron chi connectivity index (χ2n) is 3.87. The fourth-order valence-corrected chi connectivity index (χ4v) is 1.60. The van der Waals surface area contributed by atoms with E-state index >= 15 is 0 Å². The summed E-state index contributed by atoms with van der Waals surface area (Å²) in [6, 6.07) is 5.73. The number of alkyl halides is 3. The van der Waals surface area contributed by atoms with Gasteiger partial charge in [0.15, 0.2) is 6.61 Å². The molecule has 1 heterocycles. The molecule has 0 amide bonds. The average Bonchev–Trinajstić information content (AvgIpc) is 2.88. The molecule has 0 unspecified atom stereocenters. The van der Waals surface area contributed by atoms with Crippen LogP contribution in [0.4, 0.5) is 13.2 Å². The van der Waals surface area contributed by atoms with Crippen LogP contribution in [0, 0.1) is 0 Å². The van der Waals surface area contributed by atoms with Gasteiger partial charge in [-0.25, -0.2) is 4.79 Å². The normalized spacial score (nSPS) is 11.3. The summed E-state index contributed by atoms with van der Waals surface area (Å²) >= 11 is 0. The zero-order valence-electron chi connectivity index (χ0n) is 9.98. The van der Waals surface area contributed by atoms with Gasteiger partial charge in [-0.1, -0.05) is 0 Å². The number of hydrogen-bond acceptors (Lipinski definition) is 3. The Kier molecular flexibility index (Phi) is 3.69. The Morgan fingerprint density at radius 1 is 1.30 bits per heavy atom. The fraction of sp³-hybridized carbons (Fsp3) is 0.154. The predicted octanol–water partition coefficient (Wildman–Crippen LogP) is 3.43. The largest absolute Gasteiger partial charge is 0.481 e. The average molecular weight is 286 g/mol. The van der Waals surface area contributed by atoms with E-state index in [1.165, 1.54) is 18.4 Å². The van der Waals surface area contributed by atoms with Crippen molar-refractivity contribution < 1.29 is 32.2 Å². The molecule has 1 aromatic heterocycles. The van der Waals surface area contributed by atoms with E-state index in [9.17, 15) is 18.0 Å². The number of halogens is 3. The van der Waals surface area contributed by atoms with Crippen molar-refractivity contribution in [2.75, 3.05) is 6.61 Å². The third kappa shape index (κ3) is 3.11. The van der Waals surface area contributed by atoms with Gasteiger partial charge < -0.3 is 14.3 Å². The van der Waals surface area contributed by atoms with Crippen molar-refractivity contribution in [3.8, 4) is 17.1 Å². The maximum Gasteiger partial charge on any atom is 0.416 e. The van der Waals surface area contributed by atoms with Crippen LogP contribution in [0.25, 0.3) is 11.3 Å². The first-order valence-corrected chi connectivity index (χ1v) is 5.47. The lowest BCUT2D eigenvalue weighted by molar-refractivity contribution is -0.140. The molecule has 0 atom stereocenters. The molecule has 2 aromatic rings. The highest BCUT2D eigenvalue weighted by Crippen LogP contribution is 2.37. The molecule has 0 spiro atoms. The zero-order chi connectivity index (χ0) is 14.8. The molecular weight excluding hydrogens is 277 g/mol. The third-order valence-electron chi connectivity index (χ3n) is 2.44. The van der Waals surface area contributed by atoms with Gasteiger partial charge in [0.05, 0.1) is 17.4 Å². The van der Waals surface area contributed by atoms with Crippen LogP contribution < -0.4 is 4.74 Å². The number of carbonyl (C=O) groups is 1. The van der Waals surface area contributed by atoms with E-state index in [1.807, 2.05) is 0 Å². The van der Waals surface area contributed by atoms with Crippen molar-refractivity contribution in [3.05, 3.63) is 42.2 Å². The minimum absolute atomic E-state index is 0.00958. The number of rotatable bonds is 4. The smallest absolute Gasteiger partial charge is 0.416 e. The SMILES string of the molecule is O=C(O)COc1ccc(C(F)(F)F)cc1-c1ccco1. The highest BCUT2D eigenvalue weighted by molar-refractivity contribution is 5.71. The Balaban J connectivity index is 2.44. The van der Waals surface area contributed by atoms with Gasteiger partial charge in [0, 0.05) is 0 Å². The number of ether oxygens (including phenoxy) is 1. The van der Waals surface area contributed by atoms with Gasteiger partial charge in [0.2, 0.25) is 0 Å². The topological polar surface area (TPSA) is 59.7 Å². The zero-order valence-corrected chi connectivity index (χ0v) is 9.98. The van der Waals surface area contributed by atoms with Crippen LogP contribution in [0.1, 0.15) is 5.56 Å². The lowest BCUT2D eigenvalue weighted by atomic mass is 10.1. The standard InChI is InChI=1S/C13H9F3O4/c14-13(15,16)8-3-4-11(20-7-12(17)18)9(6-8)10-2-1-5-19-10/h1-6H,7H2,(H,17,18). The van der Waals surface area contributed by atoms with E-state index in [0.717, 1.165) is 18.2 Å². The summed E-state index contributed by atoms with van der Waals surface area (Å²) < 4.78 is 48.1. The summed E-state index contributed by atoms with van der Waals surface area (Å²) in [5.74, 6) is -1.05. The van der Waals surface area contributed by atoms with Crippen molar-refractivity contribution in [2.24, 2.45) is 0 Å². The second kappa shape index (κ2) is 5.28. The summed E-state index contributed by atoms with van der Waals surface area (Å²) in [6.45, 7) is -0.654. The van der Waals surface area contributed by atoms with Crippen LogP contribution >= 0.6 is 0 Å². The van der Waals surface area contributed by atoms with Crippen LogP contribution in [0.5, 0.6) is 5.75 Å². The predicted molar refractivity (Wildman–Crippen MR) is 62.3 cm³/mol. The fourth-order valence-electron chi connectivity index (χ4n) is 1.60. The minimum Gasteiger partial charge on any atom is -0.481 e. The van der Waals surface area contributed by atoms with Gasteiger partial charge in [0.25, 0.3) is 0 Å². The Hall–Kier alpha value is -2.44. The second-order valence-corrected chi connectivity index (χ2v) is 3.87. The number of aliphatic carboxylic acids is 1. The van der Waals surface area contributed by atoms with E-state index in [2.05, 4.69) is 0 Å². The number of benzene rings is 1. The summed E-state index contributed by atoms with van der Waals surface area (Å²) in [5, 5.41) is 8.55. The highest BCUT2D eigenvalue weighted by atomic mass is 19.4. The van der Waals surface area contributed by atoms with Crippen LogP contribution in [0.15, 0.2) is 41.0 Å². The molecule has 0 bridgehead atoms. The third-order valence-corrected chi connectivity index (χ3v) is 2.44. The highest BCUT2D eigenvalue weighted by Gasteiger charge is 2.31. The lowest BCUT2D eigenvalue weighted by Gasteiger charge is -2.12. The summed E-state index contributed by atoms with van der Waals surface area (Å²) in [5.41, 5.74) is -0.822.